The SMILES string of the molecule is [B]CCCOc1ccc(C#N)cc1OC. The first-order valence-electron chi connectivity index (χ1n) is 4.73. The first-order chi connectivity index (χ1) is 7.31. The number of hydrogen-bond acceptors (Lipinski definition) is 3. The lowest BCUT2D eigenvalue weighted by atomic mass is 10.0. The topological polar surface area (TPSA) is 42.2 Å². The molecule has 0 aliphatic carbocycles. The van der Waals surface area contributed by atoms with E-state index >= 15 is 0 Å². The first kappa shape index (κ1) is 11.4. The fourth-order valence-electron chi connectivity index (χ4n) is 1.12. The van der Waals surface area contributed by atoms with Gasteiger partial charge in [-0.15, -0.1) is 0 Å². The van der Waals surface area contributed by atoms with Crippen LogP contribution in [0.25, 0.3) is 0 Å². The molecule has 0 amide bonds. The van der Waals surface area contributed by atoms with Crippen LogP contribution in [0.2, 0.25) is 6.32 Å². The van der Waals surface area contributed by atoms with Crippen molar-refractivity contribution >= 4 is 7.85 Å². The van der Waals surface area contributed by atoms with Crippen molar-refractivity contribution in [1.29, 1.82) is 5.26 Å². The van der Waals surface area contributed by atoms with Gasteiger partial charge in [0.15, 0.2) is 11.5 Å². The fourth-order valence-corrected chi connectivity index (χ4v) is 1.12. The van der Waals surface area contributed by atoms with Crippen molar-refractivity contribution in [1.82, 2.24) is 0 Å². The Kier molecular flexibility index (Phi) is 4.56. The Labute approximate surface area is 91.0 Å². The van der Waals surface area contributed by atoms with Crippen molar-refractivity contribution in [2.75, 3.05) is 13.7 Å². The van der Waals surface area contributed by atoms with Crippen LogP contribution in [0, 0.1) is 11.3 Å². The third-order valence-electron chi connectivity index (χ3n) is 1.90. The highest BCUT2D eigenvalue weighted by Crippen LogP contribution is 2.27. The molecule has 1 aromatic rings. The maximum atomic E-state index is 8.70. The average molecular weight is 201 g/mol. The molecule has 0 spiro atoms. The largest absolute Gasteiger partial charge is 0.493 e. The third kappa shape index (κ3) is 3.21. The molecule has 2 radical (unpaired) electrons. The minimum absolute atomic E-state index is 0.554. The molecule has 1 aromatic carbocycles. The third-order valence-corrected chi connectivity index (χ3v) is 1.90. The zero-order chi connectivity index (χ0) is 11.1. The minimum Gasteiger partial charge on any atom is -0.493 e. The molecule has 0 aromatic heterocycles. The Bertz CT molecular complexity index is 360. The number of nitriles is 1. The molecular formula is C11H12BNO2. The van der Waals surface area contributed by atoms with Gasteiger partial charge in [-0.1, -0.05) is 6.32 Å². The number of methoxy groups -OCH3 is 1. The van der Waals surface area contributed by atoms with Gasteiger partial charge in [0.05, 0.1) is 33.2 Å². The van der Waals surface area contributed by atoms with E-state index < -0.39 is 0 Å². The van der Waals surface area contributed by atoms with Gasteiger partial charge < -0.3 is 9.47 Å². The fraction of sp³-hybridized carbons (Fsp3) is 0.364. The molecule has 4 heteroatoms. The standard InChI is InChI=1S/C11H12BNO2/c1-14-11-7-9(8-13)3-4-10(11)15-6-2-5-12/h3-4,7H,2,5-6H2,1H3. The predicted octanol–water partition coefficient (Wildman–Crippen LogP) is 1.92. The van der Waals surface area contributed by atoms with Gasteiger partial charge in [-0.05, 0) is 18.6 Å². The summed E-state index contributed by atoms with van der Waals surface area (Å²) >= 11 is 0. The Morgan fingerprint density at radius 1 is 1.40 bits per heavy atom. The summed E-state index contributed by atoms with van der Waals surface area (Å²) < 4.78 is 10.6. The van der Waals surface area contributed by atoms with Crippen LogP contribution in [0.1, 0.15) is 12.0 Å². The van der Waals surface area contributed by atoms with E-state index in [1.807, 2.05) is 6.07 Å². The van der Waals surface area contributed by atoms with Gasteiger partial charge in [0.1, 0.15) is 0 Å². The number of benzene rings is 1. The van der Waals surface area contributed by atoms with Gasteiger partial charge in [0, 0.05) is 6.07 Å². The Morgan fingerprint density at radius 3 is 2.80 bits per heavy atom. The summed E-state index contributed by atoms with van der Waals surface area (Å²) in [5.74, 6) is 1.22. The quantitative estimate of drug-likeness (QED) is 0.539. The maximum absolute atomic E-state index is 8.70. The summed E-state index contributed by atoms with van der Waals surface area (Å²) in [4.78, 5) is 0. The van der Waals surface area contributed by atoms with Crippen LogP contribution in [0.5, 0.6) is 11.5 Å². The number of rotatable bonds is 5. The number of nitrogens with zero attached hydrogens (tertiary/aromatic N) is 1. The smallest absolute Gasteiger partial charge is 0.162 e. The van der Waals surface area contributed by atoms with Gasteiger partial charge in [0.25, 0.3) is 0 Å². The molecule has 15 heavy (non-hydrogen) atoms. The van der Waals surface area contributed by atoms with Crippen LogP contribution in [0.4, 0.5) is 0 Å². The van der Waals surface area contributed by atoms with Crippen molar-refractivity contribution in [2.45, 2.75) is 12.7 Å². The average Bonchev–Trinajstić information content (AvgIpc) is 2.29. The molecule has 0 bridgehead atoms. The highest BCUT2D eigenvalue weighted by Gasteiger charge is 2.04. The molecule has 0 aliphatic heterocycles. The Hall–Kier alpha value is -1.63. The summed E-state index contributed by atoms with van der Waals surface area (Å²) in [6.07, 6.45) is 1.39. The van der Waals surface area contributed by atoms with Crippen molar-refractivity contribution in [2.24, 2.45) is 0 Å². The van der Waals surface area contributed by atoms with Crippen LogP contribution in [0.3, 0.4) is 0 Å². The summed E-state index contributed by atoms with van der Waals surface area (Å²) in [6.45, 7) is 0.554. The second kappa shape index (κ2) is 5.97. The number of hydrogen-bond donors (Lipinski definition) is 0. The van der Waals surface area contributed by atoms with Crippen molar-refractivity contribution in [3.05, 3.63) is 23.8 Å². The lowest BCUT2D eigenvalue weighted by Gasteiger charge is -2.10. The molecule has 0 saturated carbocycles. The van der Waals surface area contributed by atoms with Crippen LogP contribution >= 0.6 is 0 Å². The van der Waals surface area contributed by atoms with Gasteiger partial charge in [-0.25, -0.2) is 0 Å². The van der Waals surface area contributed by atoms with Gasteiger partial charge in [-0.3, -0.25) is 0 Å². The van der Waals surface area contributed by atoms with Crippen molar-refractivity contribution in [3.8, 4) is 17.6 Å². The zero-order valence-electron chi connectivity index (χ0n) is 8.69. The Balaban J connectivity index is 2.75. The first-order valence-corrected chi connectivity index (χ1v) is 4.73. The predicted molar refractivity (Wildman–Crippen MR) is 58.4 cm³/mol. The maximum Gasteiger partial charge on any atom is 0.162 e. The summed E-state index contributed by atoms with van der Waals surface area (Å²) in [5.41, 5.74) is 0.554. The van der Waals surface area contributed by atoms with E-state index in [1.54, 1.807) is 25.3 Å². The van der Waals surface area contributed by atoms with Gasteiger partial charge in [-0.2, -0.15) is 5.26 Å². The normalized spacial score (nSPS) is 9.33. The molecule has 1 rings (SSSR count). The van der Waals surface area contributed by atoms with E-state index in [9.17, 15) is 0 Å². The van der Waals surface area contributed by atoms with E-state index in [2.05, 4.69) is 0 Å². The lowest BCUT2D eigenvalue weighted by molar-refractivity contribution is 0.294. The highest BCUT2D eigenvalue weighted by atomic mass is 16.5. The van der Waals surface area contributed by atoms with Crippen molar-refractivity contribution < 1.29 is 9.47 Å². The monoisotopic (exact) mass is 201 g/mol. The van der Waals surface area contributed by atoms with E-state index in [1.165, 1.54) is 0 Å². The second-order valence-electron chi connectivity index (χ2n) is 2.97. The molecule has 0 aliphatic rings. The van der Waals surface area contributed by atoms with E-state index in [-0.39, 0.29) is 0 Å². The molecule has 76 valence electrons. The minimum atomic E-state index is 0.554. The molecule has 0 unspecified atom stereocenters. The second-order valence-corrected chi connectivity index (χ2v) is 2.97. The van der Waals surface area contributed by atoms with Crippen molar-refractivity contribution in [3.63, 3.8) is 0 Å². The van der Waals surface area contributed by atoms with E-state index in [0.717, 1.165) is 6.42 Å². The molecule has 0 atom stereocenters. The summed E-state index contributed by atoms with van der Waals surface area (Å²) in [6, 6.07) is 7.12. The Morgan fingerprint density at radius 2 is 2.20 bits per heavy atom. The van der Waals surface area contributed by atoms with Gasteiger partial charge >= 0.3 is 0 Å². The molecule has 0 heterocycles. The van der Waals surface area contributed by atoms with Crippen LogP contribution in [0.15, 0.2) is 18.2 Å². The van der Waals surface area contributed by atoms with Crippen LogP contribution in [-0.4, -0.2) is 21.6 Å². The summed E-state index contributed by atoms with van der Waals surface area (Å²) in [7, 11) is 6.90. The van der Waals surface area contributed by atoms with Crippen LogP contribution in [-0.2, 0) is 0 Å². The molecule has 3 nitrogen and oxygen atoms in total. The van der Waals surface area contributed by atoms with E-state index in [4.69, 9.17) is 22.6 Å². The molecule has 0 saturated heterocycles. The zero-order valence-corrected chi connectivity index (χ0v) is 8.69. The van der Waals surface area contributed by atoms with Crippen LogP contribution < -0.4 is 9.47 Å². The summed E-state index contributed by atoms with van der Waals surface area (Å²) in [5, 5.41) is 8.70. The molecule has 0 fully saturated rings. The van der Waals surface area contributed by atoms with Gasteiger partial charge in [0.2, 0.25) is 0 Å². The highest BCUT2D eigenvalue weighted by molar-refractivity contribution is 6.08. The number of ether oxygens (including phenoxy) is 2. The molecular weight excluding hydrogens is 189 g/mol. The lowest BCUT2D eigenvalue weighted by Crippen LogP contribution is -1.99. The van der Waals surface area contributed by atoms with E-state index in [0.29, 0.717) is 30.0 Å². The molecule has 0 N–H and O–H groups in total.